The van der Waals surface area contributed by atoms with Gasteiger partial charge in [0, 0.05) is 0 Å². The molecule has 27 heavy (non-hydrogen) atoms. The molecule has 0 saturated heterocycles. The molecule has 0 radical (unpaired) electrons. The Bertz CT molecular complexity index is 918. The summed E-state index contributed by atoms with van der Waals surface area (Å²) in [5.41, 5.74) is 0.209. The Morgan fingerprint density at radius 3 is 2.52 bits per heavy atom. The van der Waals surface area contributed by atoms with Crippen molar-refractivity contribution in [1.82, 2.24) is 5.32 Å². The third kappa shape index (κ3) is 4.88. The number of nitrogens with zero attached hydrogens (tertiary/aromatic N) is 1. The van der Waals surface area contributed by atoms with E-state index in [4.69, 9.17) is 9.47 Å². The summed E-state index contributed by atoms with van der Waals surface area (Å²) in [5, 5.41) is 2.64. The third-order valence-corrected chi connectivity index (χ3v) is 5.04. The van der Waals surface area contributed by atoms with Gasteiger partial charge in [0.05, 0.1) is 18.5 Å². The number of amides is 1. The monoisotopic (exact) mass is 394 g/mol. The fraction of sp³-hybridized carbons (Fsp3) is 0.278. The maximum Gasteiger partial charge on any atom is 0.240 e. The molecule has 1 heterocycles. The van der Waals surface area contributed by atoms with Gasteiger partial charge < -0.3 is 14.8 Å². The maximum atomic E-state index is 13.1. The summed E-state index contributed by atoms with van der Waals surface area (Å²) in [6.45, 7) is 0.00780. The normalized spacial score (nSPS) is 15.9. The highest BCUT2D eigenvalue weighted by atomic mass is 32.2. The van der Waals surface area contributed by atoms with Gasteiger partial charge in [0.2, 0.25) is 15.9 Å². The average molecular weight is 394 g/mol. The van der Waals surface area contributed by atoms with Gasteiger partial charge in [0.25, 0.3) is 0 Å². The number of nitrogens with one attached hydrogen (secondary N) is 1. The minimum Gasteiger partial charge on any atom is -0.486 e. The molecule has 0 bridgehead atoms. The zero-order chi connectivity index (χ0) is 19.4. The number of benzene rings is 2. The first-order valence-corrected chi connectivity index (χ1v) is 10.1. The highest BCUT2D eigenvalue weighted by Crippen LogP contribution is 2.30. The van der Waals surface area contributed by atoms with E-state index in [1.807, 2.05) is 12.1 Å². The van der Waals surface area contributed by atoms with Crippen molar-refractivity contribution in [3.63, 3.8) is 0 Å². The second-order valence-corrected chi connectivity index (χ2v) is 7.95. The summed E-state index contributed by atoms with van der Waals surface area (Å²) in [5.74, 6) is 0.227. The zero-order valence-electron chi connectivity index (χ0n) is 14.6. The number of ether oxygens (including phenoxy) is 2. The van der Waals surface area contributed by atoms with Gasteiger partial charge in [-0.3, -0.25) is 9.10 Å². The summed E-state index contributed by atoms with van der Waals surface area (Å²) in [4.78, 5) is 12.2. The van der Waals surface area contributed by atoms with Crippen molar-refractivity contribution >= 4 is 21.6 Å². The molecule has 2 aromatic carbocycles. The summed E-state index contributed by atoms with van der Waals surface area (Å²) < 4.78 is 49.3. The van der Waals surface area contributed by atoms with E-state index >= 15 is 0 Å². The predicted octanol–water partition coefficient (Wildman–Crippen LogP) is 1.55. The molecule has 1 amide bonds. The lowest BCUT2D eigenvalue weighted by Crippen LogP contribution is -2.45. The van der Waals surface area contributed by atoms with Crippen molar-refractivity contribution in [2.45, 2.75) is 6.10 Å². The van der Waals surface area contributed by atoms with Crippen molar-refractivity contribution in [2.24, 2.45) is 0 Å². The summed E-state index contributed by atoms with van der Waals surface area (Å²) in [7, 11) is -3.71. The Morgan fingerprint density at radius 2 is 1.85 bits per heavy atom. The van der Waals surface area contributed by atoms with Crippen LogP contribution in [0, 0.1) is 5.82 Å². The summed E-state index contributed by atoms with van der Waals surface area (Å²) >= 11 is 0. The highest BCUT2D eigenvalue weighted by Gasteiger charge is 2.24. The zero-order valence-corrected chi connectivity index (χ0v) is 15.4. The van der Waals surface area contributed by atoms with Crippen LogP contribution in [0.2, 0.25) is 0 Å². The average Bonchev–Trinajstić information content (AvgIpc) is 2.64. The largest absolute Gasteiger partial charge is 0.486 e. The van der Waals surface area contributed by atoms with Crippen LogP contribution in [0.3, 0.4) is 0 Å². The first-order chi connectivity index (χ1) is 12.8. The molecule has 9 heteroatoms. The van der Waals surface area contributed by atoms with Gasteiger partial charge in [0.1, 0.15) is 25.1 Å². The van der Waals surface area contributed by atoms with Crippen LogP contribution in [0.5, 0.6) is 11.5 Å². The lowest BCUT2D eigenvalue weighted by molar-refractivity contribution is -0.120. The van der Waals surface area contributed by atoms with Crippen molar-refractivity contribution in [3.8, 4) is 11.5 Å². The molecule has 2 aromatic rings. The first kappa shape index (κ1) is 19.0. The second kappa shape index (κ2) is 7.83. The molecule has 1 atom stereocenters. The molecule has 1 N–H and O–H groups in total. The fourth-order valence-electron chi connectivity index (χ4n) is 2.59. The van der Waals surface area contributed by atoms with E-state index in [-0.39, 0.29) is 24.9 Å². The lowest BCUT2D eigenvalue weighted by atomic mass is 10.2. The molecular weight excluding hydrogens is 375 g/mol. The number of sulfonamides is 1. The van der Waals surface area contributed by atoms with E-state index in [1.165, 1.54) is 12.1 Å². The molecule has 0 fully saturated rings. The van der Waals surface area contributed by atoms with Crippen molar-refractivity contribution in [2.75, 3.05) is 30.3 Å². The Kier molecular flexibility index (Phi) is 5.50. The van der Waals surface area contributed by atoms with Crippen molar-refractivity contribution in [3.05, 3.63) is 54.3 Å². The number of carbonyl (C=O) groups is 1. The molecule has 1 unspecified atom stereocenters. The van der Waals surface area contributed by atoms with Crippen molar-refractivity contribution in [1.29, 1.82) is 0 Å². The molecule has 3 rings (SSSR count). The number of hydrogen-bond acceptors (Lipinski definition) is 5. The third-order valence-electron chi connectivity index (χ3n) is 3.90. The number of carbonyl (C=O) groups excluding carboxylic acids is 1. The van der Waals surface area contributed by atoms with Crippen LogP contribution < -0.4 is 19.1 Å². The van der Waals surface area contributed by atoms with Crippen LogP contribution in [0.15, 0.2) is 48.5 Å². The van der Waals surface area contributed by atoms with E-state index < -0.39 is 28.3 Å². The topological polar surface area (TPSA) is 84.9 Å². The van der Waals surface area contributed by atoms with Crippen molar-refractivity contribution < 1.29 is 27.1 Å². The number of fused-ring (bicyclic) bond motifs is 1. The number of para-hydroxylation sites is 2. The molecule has 0 aromatic heterocycles. The molecule has 1 aliphatic heterocycles. The lowest BCUT2D eigenvalue weighted by Gasteiger charge is -2.27. The summed E-state index contributed by atoms with van der Waals surface area (Å²) in [6.07, 6.45) is 0.597. The SMILES string of the molecule is CS(=O)(=O)N(CC(=O)NCC1COc2ccccc2O1)c1ccc(F)cc1. The summed E-state index contributed by atoms with van der Waals surface area (Å²) in [6, 6.07) is 12.1. The van der Waals surface area contributed by atoms with Gasteiger partial charge in [-0.2, -0.15) is 0 Å². The van der Waals surface area contributed by atoms with Gasteiger partial charge in [-0.15, -0.1) is 0 Å². The van der Waals surface area contributed by atoms with E-state index in [1.54, 1.807) is 12.1 Å². The molecule has 0 spiro atoms. The van der Waals surface area contributed by atoms with Crippen LogP contribution in [0.4, 0.5) is 10.1 Å². The predicted molar refractivity (Wildman–Crippen MR) is 98.0 cm³/mol. The smallest absolute Gasteiger partial charge is 0.240 e. The van der Waals surface area contributed by atoms with Gasteiger partial charge >= 0.3 is 0 Å². The molecule has 0 aliphatic carbocycles. The van der Waals surface area contributed by atoms with E-state index in [0.29, 0.717) is 11.5 Å². The minimum absolute atomic E-state index is 0.161. The van der Waals surface area contributed by atoms with Crippen LogP contribution >= 0.6 is 0 Å². The van der Waals surface area contributed by atoms with Gasteiger partial charge in [0.15, 0.2) is 11.5 Å². The first-order valence-electron chi connectivity index (χ1n) is 8.21. The van der Waals surface area contributed by atoms with Crippen LogP contribution in [0.1, 0.15) is 0 Å². The molecule has 144 valence electrons. The van der Waals surface area contributed by atoms with Gasteiger partial charge in [-0.05, 0) is 36.4 Å². The Hall–Kier alpha value is -2.81. The quantitative estimate of drug-likeness (QED) is 0.804. The molecular formula is C18H19FN2O5S. The van der Waals surface area contributed by atoms with E-state index in [9.17, 15) is 17.6 Å². The second-order valence-electron chi connectivity index (χ2n) is 6.05. The van der Waals surface area contributed by atoms with E-state index in [0.717, 1.165) is 22.7 Å². The standard InChI is InChI=1S/C18H19FN2O5S/c1-27(23,24)21(14-8-6-13(19)7-9-14)11-18(22)20-10-15-12-25-16-4-2-3-5-17(16)26-15/h2-9,15H,10-12H2,1H3,(H,20,22). The molecule has 7 nitrogen and oxygen atoms in total. The number of rotatable bonds is 6. The van der Waals surface area contributed by atoms with Gasteiger partial charge in [-0.25, -0.2) is 12.8 Å². The van der Waals surface area contributed by atoms with Crippen LogP contribution in [-0.2, 0) is 14.8 Å². The fourth-order valence-corrected chi connectivity index (χ4v) is 3.44. The molecule has 0 saturated carbocycles. The van der Waals surface area contributed by atoms with Gasteiger partial charge in [-0.1, -0.05) is 12.1 Å². The minimum atomic E-state index is -3.71. The van der Waals surface area contributed by atoms with E-state index in [2.05, 4.69) is 5.32 Å². The Morgan fingerprint density at radius 1 is 1.19 bits per heavy atom. The number of hydrogen-bond donors (Lipinski definition) is 1. The Balaban J connectivity index is 1.59. The Labute approximate surface area is 156 Å². The molecule has 1 aliphatic rings. The van der Waals surface area contributed by atoms with Crippen LogP contribution in [-0.4, -0.2) is 46.4 Å². The number of halogens is 1. The highest BCUT2D eigenvalue weighted by molar-refractivity contribution is 7.92. The van der Waals surface area contributed by atoms with Crippen LogP contribution in [0.25, 0.3) is 0 Å². The maximum absolute atomic E-state index is 13.1. The number of anilines is 1.